The van der Waals surface area contributed by atoms with E-state index in [9.17, 15) is 4.79 Å². The van der Waals surface area contributed by atoms with Crippen LogP contribution in [0, 0.1) is 0 Å². The van der Waals surface area contributed by atoms with Crippen molar-refractivity contribution < 1.29 is 4.79 Å². The van der Waals surface area contributed by atoms with E-state index >= 15 is 0 Å². The third-order valence-corrected chi connectivity index (χ3v) is 4.09. The van der Waals surface area contributed by atoms with Gasteiger partial charge in [0, 0.05) is 16.0 Å². The van der Waals surface area contributed by atoms with Gasteiger partial charge in [-0.1, -0.05) is 23.7 Å². The van der Waals surface area contributed by atoms with Crippen LogP contribution in [0.25, 0.3) is 21.3 Å². The first-order valence-corrected chi connectivity index (χ1v) is 7.41. The average Bonchev–Trinajstić information content (AvgIpc) is 2.90. The Morgan fingerprint density at radius 3 is 2.76 bits per heavy atom. The molecule has 0 saturated carbocycles. The van der Waals surface area contributed by atoms with E-state index in [1.165, 1.54) is 17.7 Å². The molecule has 2 aromatic heterocycles. The maximum Gasteiger partial charge on any atom is 0.236 e. The lowest BCUT2D eigenvalue weighted by Crippen LogP contribution is -2.22. The first kappa shape index (κ1) is 13.8. The lowest BCUT2D eigenvalue weighted by atomic mass is 10.1. The number of nitrogens with zero attached hydrogens (tertiary/aromatic N) is 2. The van der Waals surface area contributed by atoms with Gasteiger partial charge in [-0.3, -0.25) is 4.79 Å². The van der Waals surface area contributed by atoms with Crippen LogP contribution < -0.4 is 11.1 Å². The van der Waals surface area contributed by atoms with Gasteiger partial charge in [0.1, 0.15) is 17.0 Å². The van der Waals surface area contributed by atoms with Crippen LogP contribution >= 0.6 is 22.9 Å². The minimum absolute atomic E-state index is 0.0298. The lowest BCUT2D eigenvalue weighted by molar-refractivity contribution is -0.116. The number of hydrogen-bond donors (Lipinski definition) is 2. The second-order valence-electron chi connectivity index (χ2n) is 4.38. The van der Waals surface area contributed by atoms with Crippen molar-refractivity contribution in [1.29, 1.82) is 0 Å². The number of nitrogens with two attached hydrogens (primary N) is 1. The van der Waals surface area contributed by atoms with Gasteiger partial charge >= 0.3 is 0 Å². The highest BCUT2D eigenvalue weighted by atomic mass is 35.5. The minimum Gasteiger partial charge on any atom is -0.368 e. The van der Waals surface area contributed by atoms with Gasteiger partial charge in [-0.2, -0.15) is 0 Å². The SMILES string of the molecule is NC(=O)CNc1ncnc2scc(-c3ccc(Cl)cc3)c12. The van der Waals surface area contributed by atoms with E-state index in [4.69, 9.17) is 17.3 Å². The Balaban J connectivity index is 2.10. The molecule has 0 spiro atoms. The van der Waals surface area contributed by atoms with Crippen molar-refractivity contribution in [3.8, 4) is 11.1 Å². The second kappa shape index (κ2) is 5.67. The van der Waals surface area contributed by atoms with Crippen molar-refractivity contribution in [2.45, 2.75) is 0 Å². The summed E-state index contributed by atoms with van der Waals surface area (Å²) in [7, 11) is 0. The number of aromatic nitrogens is 2. The van der Waals surface area contributed by atoms with Crippen molar-refractivity contribution in [3.63, 3.8) is 0 Å². The normalized spacial score (nSPS) is 10.7. The van der Waals surface area contributed by atoms with Crippen LogP contribution in [0.5, 0.6) is 0 Å². The zero-order chi connectivity index (χ0) is 14.8. The van der Waals surface area contributed by atoms with Crippen molar-refractivity contribution in [2.24, 2.45) is 5.73 Å². The van der Waals surface area contributed by atoms with Gasteiger partial charge in [0.15, 0.2) is 0 Å². The number of hydrogen-bond acceptors (Lipinski definition) is 5. The summed E-state index contributed by atoms with van der Waals surface area (Å²) in [5, 5.41) is 6.52. The van der Waals surface area contributed by atoms with Crippen LogP contribution in [0.15, 0.2) is 36.0 Å². The van der Waals surface area contributed by atoms with E-state index < -0.39 is 5.91 Å². The number of carbonyl (C=O) groups excluding carboxylic acids is 1. The Morgan fingerprint density at radius 2 is 2.05 bits per heavy atom. The monoisotopic (exact) mass is 318 g/mol. The third-order valence-electron chi connectivity index (χ3n) is 2.96. The molecule has 0 saturated heterocycles. The lowest BCUT2D eigenvalue weighted by Gasteiger charge is -2.06. The zero-order valence-electron chi connectivity index (χ0n) is 10.8. The number of amides is 1. The van der Waals surface area contributed by atoms with Crippen LogP contribution in [0.3, 0.4) is 0 Å². The van der Waals surface area contributed by atoms with E-state index in [0.29, 0.717) is 10.8 Å². The summed E-state index contributed by atoms with van der Waals surface area (Å²) in [5.41, 5.74) is 7.18. The van der Waals surface area contributed by atoms with Gasteiger partial charge in [0.25, 0.3) is 0 Å². The van der Waals surface area contributed by atoms with Gasteiger partial charge in [-0.15, -0.1) is 11.3 Å². The van der Waals surface area contributed by atoms with Crippen LogP contribution in [-0.4, -0.2) is 22.4 Å². The van der Waals surface area contributed by atoms with Crippen LogP contribution in [0.4, 0.5) is 5.82 Å². The van der Waals surface area contributed by atoms with E-state index in [1.54, 1.807) is 0 Å². The molecule has 21 heavy (non-hydrogen) atoms. The quantitative estimate of drug-likeness (QED) is 0.775. The molecule has 0 fully saturated rings. The number of carbonyl (C=O) groups is 1. The second-order valence-corrected chi connectivity index (χ2v) is 5.67. The van der Waals surface area contributed by atoms with Crippen molar-refractivity contribution in [3.05, 3.63) is 41.0 Å². The Morgan fingerprint density at radius 1 is 1.29 bits per heavy atom. The molecule has 2 heterocycles. The Bertz CT molecular complexity index is 800. The summed E-state index contributed by atoms with van der Waals surface area (Å²) < 4.78 is 0. The Kier molecular flexibility index (Phi) is 3.72. The number of benzene rings is 1. The van der Waals surface area contributed by atoms with Gasteiger partial charge in [-0.25, -0.2) is 9.97 Å². The van der Waals surface area contributed by atoms with Gasteiger partial charge in [0.2, 0.25) is 5.91 Å². The number of primary amides is 1. The molecule has 0 bridgehead atoms. The summed E-state index contributed by atoms with van der Waals surface area (Å²) in [6, 6.07) is 7.55. The molecule has 0 aliphatic rings. The predicted octanol–water partition coefficient (Wildman–Crippen LogP) is 2.91. The largest absolute Gasteiger partial charge is 0.368 e. The van der Waals surface area contributed by atoms with Crippen LogP contribution in [0.2, 0.25) is 5.02 Å². The predicted molar refractivity (Wildman–Crippen MR) is 85.5 cm³/mol. The molecule has 7 heteroatoms. The van der Waals surface area contributed by atoms with E-state index in [1.807, 2.05) is 29.6 Å². The summed E-state index contributed by atoms with van der Waals surface area (Å²) >= 11 is 7.44. The van der Waals surface area contributed by atoms with Crippen molar-refractivity contribution >= 4 is 44.9 Å². The summed E-state index contributed by atoms with van der Waals surface area (Å²) in [4.78, 5) is 20.3. The van der Waals surface area contributed by atoms with Gasteiger partial charge in [0.05, 0.1) is 11.9 Å². The van der Waals surface area contributed by atoms with E-state index in [2.05, 4.69) is 15.3 Å². The molecule has 106 valence electrons. The molecule has 5 nitrogen and oxygen atoms in total. The number of anilines is 1. The molecule has 0 aliphatic heterocycles. The minimum atomic E-state index is -0.440. The first-order valence-electron chi connectivity index (χ1n) is 6.15. The van der Waals surface area contributed by atoms with Gasteiger partial charge < -0.3 is 11.1 Å². The average molecular weight is 319 g/mol. The first-order chi connectivity index (χ1) is 10.1. The fourth-order valence-electron chi connectivity index (χ4n) is 2.02. The highest BCUT2D eigenvalue weighted by Gasteiger charge is 2.13. The number of halogens is 1. The van der Waals surface area contributed by atoms with Crippen LogP contribution in [0.1, 0.15) is 0 Å². The highest BCUT2D eigenvalue weighted by Crippen LogP contribution is 2.36. The van der Waals surface area contributed by atoms with Gasteiger partial charge in [-0.05, 0) is 17.7 Å². The summed E-state index contributed by atoms with van der Waals surface area (Å²) in [6.45, 7) is 0.0298. The third kappa shape index (κ3) is 2.81. The fourth-order valence-corrected chi connectivity index (χ4v) is 3.06. The van der Waals surface area contributed by atoms with Crippen LogP contribution in [-0.2, 0) is 4.79 Å². The molecule has 0 radical (unpaired) electrons. The van der Waals surface area contributed by atoms with Crippen molar-refractivity contribution in [2.75, 3.05) is 11.9 Å². The number of fused-ring (bicyclic) bond motifs is 1. The summed E-state index contributed by atoms with van der Waals surface area (Å²) in [5.74, 6) is 0.162. The fraction of sp³-hybridized carbons (Fsp3) is 0.0714. The maximum atomic E-state index is 10.9. The highest BCUT2D eigenvalue weighted by molar-refractivity contribution is 7.17. The van der Waals surface area contributed by atoms with Crippen molar-refractivity contribution in [1.82, 2.24) is 9.97 Å². The molecular weight excluding hydrogens is 308 g/mol. The molecule has 1 aromatic carbocycles. The molecule has 1 amide bonds. The molecule has 0 unspecified atom stereocenters. The molecule has 0 atom stereocenters. The maximum absolute atomic E-state index is 10.9. The molecule has 3 aromatic rings. The standard InChI is InChI=1S/C14H11ClN4OS/c15-9-3-1-8(2-4-9)10-6-21-14-12(10)13(18-7-19-14)17-5-11(16)20/h1-4,6-7H,5H2,(H2,16,20)(H,17,18,19). The number of nitrogens with one attached hydrogen (secondary N) is 1. The molecular formula is C14H11ClN4OS. The zero-order valence-corrected chi connectivity index (χ0v) is 12.4. The van der Waals surface area contributed by atoms with E-state index in [0.717, 1.165) is 21.3 Å². The summed E-state index contributed by atoms with van der Waals surface area (Å²) in [6.07, 6.45) is 1.47. The molecule has 3 N–H and O–H groups in total. The Hall–Kier alpha value is -2.18. The van der Waals surface area contributed by atoms with E-state index in [-0.39, 0.29) is 6.54 Å². The smallest absolute Gasteiger partial charge is 0.236 e. The Labute approximate surface area is 129 Å². The number of rotatable bonds is 4. The molecule has 3 rings (SSSR count). The topological polar surface area (TPSA) is 80.9 Å². The number of thiophene rings is 1. The molecule has 0 aliphatic carbocycles.